The third-order valence-corrected chi connectivity index (χ3v) is 8.65. The Balaban J connectivity index is 1.46. The lowest BCUT2D eigenvalue weighted by atomic mass is 9.68. The highest BCUT2D eigenvalue weighted by Gasteiger charge is 2.44. The van der Waals surface area contributed by atoms with E-state index in [0.29, 0.717) is 21.5 Å². The zero-order chi connectivity index (χ0) is 24.7. The summed E-state index contributed by atoms with van der Waals surface area (Å²) in [7, 11) is 0. The molecule has 2 aliphatic rings. The van der Waals surface area contributed by atoms with Gasteiger partial charge in [-0.15, -0.1) is 0 Å². The van der Waals surface area contributed by atoms with Crippen molar-refractivity contribution in [2.45, 2.75) is 49.2 Å². The molecule has 2 aliphatic carbocycles. The second kappa shape index (κ2) is 9.41. The first-order chi connectivity index (χ1) is 17.5. The highest BCUT2D eigenvalue weighted by molar-refractivity contribution is 7.99. The molecule has 1 fully saturated rings. The van der Waals surface area contributed by atoms with Crippen molar-refractivity contribution in [2.75, 3.05) is 5.75 Å². The number of nitrogens with zero attached hydrogens (tertiary/aromatic N) is 2. The number of aromatic nitrogens is 2. The molecule has 6 rings (SSSR count). The summed E-state index contributed by atoms with van der Waals surface area (Å²) in [5, 5.41) is 1.12. The number of thioether (sulfide) groups is 1. The van der Waals surface area contributed by atoms with Crippen LogP contribution in [0.3, 0.4) is 0 Å². The standard InChI is InChI=1S/C29H25ClN2O3S/c30-21-11-9-19(10-12-21)24(33)18-36-28-31-26-23-8-2-1-6-20(23)16-29(13-3-4-14-29)25(26)27(34)32(28)17-22-7-5-15-35-22/h1-2,5-12,15H,3-4,13-14,16-18H2. The fraction of sp³-hybridized carbons (Fsp3) is 0.276. The smallest absolute Gasteiger partial charge is 0.258 e. The molecule has 0 atom stereocenters. The fourth-order valence-electron chi connectivity index (χ4n) is 5.70. The summed E-state index contributed by atoms with van der Waals surface area (Å²) in [4.78, 5) is 32.3. The molecule has 0 radical (unpaired) electrons. The van der Waals surface area contributed by atoms with Gasteiger partial charge in [-0.1, -0.05) is 60.5 Å². The molecule has 1 saturated carbocycles. The molecule has 7 heteroatoms. The molecule has 4 aromatic rings. The van der Waals surface area contributed by atoms with Gasteiger partial charge < -0.3 is 4.42 Å². The zero-order valence-corrected chi connectivity index (χ0v) is 21.3. The Bertz CT molecular complexity index is 1490. The summed E-state index contributed by atoms with van der Waals surface area (Å²) in [6.07, 6.45) is 6.70. The second-order valence-corrected chi connectivity index (χ2v) is 11.0. The Morgan fingerprint density at radius 1 is 1.06 bits per heavy atom. The number of hydrogen-bond acceptors (Lipinski definition) is 5. The van der Waals surface area contributed by atoms with E-state index in [9.17, 15) is 9.59 Å². The van der Waals surface area contributed by atoms with Crippen LogP contribution in [0.1, 0.15) is 52.9 Å². The third-order valence-electron chi connectivity index (χ3n) is 7.42. The predicted molar refractivity (Wildman–Crippen MR) is 142 cm³/mol. The van der Waals surface area contributed by atoms with Gasteiger partial charge >= 0.3 is 0 Å². The van der Waals surface area contributed by atoms with Crippen LogP contribution in [-0.2, 0) is 18.4 Å². The van der Waals surface area contributed by atoms with Gasteiger partial charge in [-0.2, -0.15) is 0 Å². The molecule has 2 aromatic heterocycles. The van der Waals surface area contributed by atoms with E-state index in [1.807, 2.05) is 18.2 Å². The average molecular weight is 517 g/mol. The minimum atomic E-state index is -0.180. The van der Waals surface area contributed by atoms with E-state index in [0.717, 1.165) is 48.9 Å². The van der Waals surface area contributed by atoms with Crippen LogP contribution in [-0.4, -0.2) is 21.1 Å². The monoisotopic (exact) mass is 516 g/mol. The summed E-state index contributed by atoms with van der Waals surface area (Å²) in [5.41, 5.74) is 4.27. The first kappa shape index (κ1) is 23.3. The lowest BCUT2D eigenvalue weighted by Gasteiger charge is -2.36. The first-order valence-corrected chi connectivity index (χ1v) is 13.6. The number of Topliss-reactive ketones (excluding diaryl/α,β-unsaturated/α-hetero) is 1. The summed E-state index contributed by atoms with van der Waals surface area (Å²) in [5.74, 6) is 0.805. The zero-order valence-electron chi connectivity index (χ0n) is 19.7. The Morgan fingerprint density at radius 3 is 2.58 bits per heavy atom. The molecule has 0 aliphatic heterocycles. The highest BCUT2D eigenvalue weighted by atomic mass is 35.5. The maximum Gasteiger partial charge on any atom is 0.258 e. The topological polar surface area (TPSA) is 65.1 Å². The molecule has 1 spiro atoms. The molecule has 182 valence electrons. The normalized spacial score (nSPS) is 15.6. The maximum atomic E-state index is 14.3. The maximum absolute atomic E-state index is 14.3. The van der Waals surface area contributed by atoms with Gasteiger partial charge in [0, 0.05) is 21.6 Å². The fourth-order valence-corrected chi connectivity index (χ4v) is 6.71. The van der Waals surface area contributed by atoms with Crippen molar-refractivity contribution in [3.05, 3.63) is 105 Å². The number of carbonyl (C=O) groups is 1. The van der Waals surface area contributed by atoms with E-state index in [4.69, 9.17) is 21.0 Å². The van der Waals surface area contributed by atoms with Crippen molar-refractivity contribution in [3.8, 4) is 11.3 Å². The second-order valence-electron chi connectivity index (χ2n) is 9.63. The van der Waals surface area contributed by atoms with Crippen molar-refractivity contribution in [3.63, 3.8) is 0 Å². The van der Waals surface area contributed by atoms with E-state index >= 15 is 0 Å². The molecule has 5 nitrogen and oxygen atoms in total. The number of benzene rings is 2. The van der Waals surface area contributed by atoms with Gasteiger partial charge in [-0.25, -0.2) is 4.98 Å². The molecule has 0 N–H and O–H groups in total. The van der Waals surface area contributed by atoms with Crippen LogP contribution in [0.2, 0.25) is 5.02 Å². The number of hydrogen-bond donors (Lipinski definition) is 0. The number of fused-ring (bicyclic) bond motifs is 4. The van der Waals surface area contributed by atoms with Crippen LogP contribution < -0.4 is 5.56 Å². The minimum Gasteiger partial charge on any atom is -0.467 e. The van der Waals surface area contributed by atoms with E-state index in [-0.39, 0.29) is 29.1 Å². The van der Waals surface area contributed by atoms with Crippen molar-refractivity contribution in [1.82, 2.24) is 9.55 Å². The van der Waals surface area contributed by atoms with E-state index < -0.39 is 0 Å². The SMILES string of the molecule is O=C(CSc1nc2c(c(=O)n1Cc1ccco1)C1(CCCC1)Cc1ccccc1-2)c1ccc(Cl)cc1. The van der Waals surface area contributed by atoms with Crippen LogP contribution in [0.5, 0.6) is 0 Å². The van der Waals surface area contributed by atoms with Gasteiger partial charge in [0.05, 0.1) is 29.8 Å². The van der Waals surface area contributed by atoms with Crippen LogP contribution in [0, 0.1) is 0 Å². The Kier molecular flexibility index (Phi) is 6.10. The van der Waals surface area contributed by atoms with Crippen molar-refractivity contribution >= 4 is 29.1 Å². The van der Waals surface area contributed by atoms with E-state index in [1.165, 1.54) is 17.3 Å². The first-order valence-electron chi connectivity index (χ1n) is 12.2. The third kappa shape index (κ3) is 4.12. The molecule has 0 unspecified atom stereocenters. The molecular formula is C29H25ClN2O3S. The number of ketones is 1. The van der Waals surface area contributed by atoms with Gasteiger partial charge in [-0.05, 0) is 61.2 Å². The Morgan fingerprint density at radius 2 is 1.83 bits per heavy atom. The van der Waals surface area contributed by atoms with E-state index in [2.05, 4.69) is 18.2 Å². The number of carbonyl (C=O) groups excluding carboxylic acids is 1. The van der Waals surface area contributed by atoms with Gasteiger partial charge in [0.25, 0.3) is 5.56 Å². The summed E-state index contributed by atoms with van der Waals surface area (Å²) >= 11 is 7.28. The quantitative estimate of drug-likeness (QED) is 0.165. The molecule has 0 amide bonds. The number of furan rings is 1. The molecule has 0 saturated heterocycles. The Labute approximate surface area is 218 Å². The van der Waals surface area contributed by atoms with E-state index in [1.54, 1.807) is 35.1 Å². The van der Waals surface area contributed by atoms with Crippen LogP contribution in [0.4, 0.5) is 0 Å². The molecular weight excluding hydrogens is 492 g/mol. The Hall–Kier alpha value is -3.09. The predicted octanol–water partition coefficient (Wildman–Crippen LogP) is 6.55. The van der Waals surface area contributed by atoms with Crippen LogP contribution in [0.15, 0.2) is 81.3 Å². The summed E-state index contributed by atoms with van der Waals surface area (Å²) in [6, 6.07) is 18.8. The van der Waals surface area contributed by atoms with Crippen molar-refractivity contribution in [1.29, 1.82) is 0 Å². The molecule has 0 bridgehead atoms. The van der Waals surface area contributed by atoms with Gasteiger partial charge in [0.15, 0.2) is 10.9 Å². The number of rotatable bonds is 6. The van der Waals surface area contributed by atoms with Crippen LogP contribution in [0.25, 0.3) is 11.3 Å². The van der Waals surface area contributed by atoms with Gasteiger partial charge in [-0.3, -0.25) is 14.2 Å². The highest BCUT2D eigenvalue weighted by Crippen LogP contribution is 2.50. The van der Waals surface area contributed by atoms with Crippen LogP contribution >= 0.6 is 23.4 Å². The largest absolute Gasteiger partial charge is 0.467 e. The molecule has 36 heavy (non-hydrogen) atoms. The number of halogens is 1. The minimum absolute atomic E-state index is 0.0192. The van der Waals surface area contributed by atoms with Gasteiger partial charge in [0.2, 0.25) is 0 Å². The van der Waals surface area contributed by atoms with Crippen molar-refractivity contribution in [2.24, 2.45) is 0 Å². The summed E-state index contributed by atoms with van der Waals surface area (Å²) in [6.45, 7) is 0.279. The lowest BCUT2D eigenvalue weighted by molar-refractivity contribution is 0.102. The van der Waals surface area contributed by atoms with Crippen molar-refractivity contribution < 1.29 is 9.21 Å². The van der Waals surface area contributed by atoms with Gasteiger partial charge in [0.1, 0.15) is 5.76 Å². The molecule has 2 aromatic carbocycles. The lowest BCUT2D eigenvalue weighted by Crippen LogP contribution is -2.40. The summed E-state index contributed by atoms with van der Waals surface area (Å²) < 4.78 is 7.29. The average Bonchev–Trinajstić information content (AvgIpc) is 3.57. The molecule has 2 heterocycles.